The number of halogens is 22. The van der Waals surface area contributed by atoms with E-state index in [1.165, 1.54) is 13.3 Å². The summed E-state index contributed by atoms with van der Waals surface area (Å²) in [5, 5.41) is -1.23. The topological polar surface area (TPSA) is 56.8 Å². The van der Waals surface area contributed by atoms with Gasteiger partial charge in [-0.1, -0.05) is 0 Å². The Morgan fingerprint density at radius 1 is 0.500 bits per heavy atom. The second kappa shape index (κ2) is 9.59. The fourth-order valence-electron chi connectivity index (χ4n) is 1.53. The highest BCUT2D eigenvalue weighted by Gasteiger charge is 2.91. The fourth-order valence-corrected chi connectivity index (χ4v) is 3.94. The Morgan fingerprint density at radius 3 is 0.921 bits per heavy atom. The van der Waals surface area contributed by atoms with Crippen LogP contribution in [0.25, 0.3) is 0 Å². The third kappa shape index (κ3) is 6.59. The van der Waals surface area contributed by atoms with Crippen LogP contribution in [0.2, 0.25) is 0 Å². The van der Waals surface area contributed by atoms with Gasteiger partial charge in [0, 0.05) is 0 Å². The molecular formula is C10HF22NO4Si. The Morgan fingerprint density at radius 2 is 0.737 bits per heavy atom. The number of amides is 1. The molecule has 0 rings (SSSR count). The molecule has 28 heteroatoms. The van der Waals surface area contributed by atoms with Crippen molar-refractivity contribution in [2.45, 2.75) is 54.4 Å². The highest BCUT2D eigenvalue weighted by molar-refractivity contribution is 6.64. The average molecular weight is 645 g/mol. The number of nitrogens with one attached hydrogen (secondary N) is 1. The van der Waals surface area contributed by atoms with Gasteiger partial charge in [-0.15, -0.1) is 4.39 Å². The van der Waals surface area contributed by atoms with E-state index in [0.717, 1.165) is 0 Å². The van der Waals surface area contributed by atoms with Crippen molar-refractivity contribution in [3.63, 3.8) is 0 Å². The number of rotatable bonds is 10. The molecule has 0 aromatic carbocycles. The van der Waals surface area contributed by atoms with Gasteiger partial charge in [-0.3, -0.25) is 5.32 Å². The molecule has 0 radical (unpaired) electrons. The second-order valence-electron chi connectivity index (χ2n) is 6.03. The first-order valence-corrected chi connectivity index (χ1v) is 9.31. The molecule has 0 spiro atoms. The zero-order valence-corrected chi connectivity index (χ0v) is 16.9. The zero-order valence-electron chi connectivity index (χ0n) is 15.9. The van der Waals surface area contributed by atoms with Crippen LogP contribution in [-0.2, 0) is 13.3 Å². The van der Waals surface area contributed by atoms with Gasteiger partial charge >= 0.3 is 69.3 Å². The van der Waals surface area contributed by atoms with Crippen LogP contribution < -0.4 is 5.32 Å². The van der Waals surface area contributed by atoms with Gasteiger partial charge < -0.3 is 13.3 Å². The zero-order chi connectivity index (χ0) is 31.4. The van der Waals surface area contributed by atoms with Gasteiger partial charge in [-0.25, -0.2) is 4.79 Å². The smallest absolute Gasteiger partial charge is 0.302 e. The molecule has 0 aromatic rings. The van der Waals surface area contributed by atoms with Crippen molar-refractivity contribution < 1.29 is 115 Å². The van der Waals surface area contributed by atoms with Gasteiger partial charge in [0.1, 0.15) is 0 Å². The minimum absolute atomic E-state index is 1.23. The van der Waals surface area contributed by atoms with E-state index in [0.29, 0.717) is 0 Å². The number of alkyl halides is 21. The minimum Gasteiger partial charge on any atom is -0.302 e. The van der Waals surface area contributed by atoms with Crippen molar-refractivity contribution in [3.05, 3.63) is 0 Å². The van der Waals surface area contributed by atoms with Crippen LogP contribution in [0.1, 0.15) is 0 Å². The molecule has 0 heterocycles. The highest BCUT2D eigenvalue weighted by Crippen LogP contribution is 2.56. The van der Waals surface area contributed by atoms with Crippen molar-refractivity contribution in [1.82, 2.24) is 5.32 Å². The van der Waals surface area contributed by atoms with E-state index >= 15 is 0 Å². The van der Waals surface area contributed by atoms with Crippen LogP contribution in [0, 0.1) is 0 Å². The molecule has 0 aliphatic rings. The number of hydrogen-bond acceptors (Lipinski definition) is 4. The Bertz CT molecular complexity index is 790. The SMILES string of the molecule is O=C(F)NC(F)(F)C(F)(F)C(F)(F)[Si](OC(F)(F)C(F)(F)F)(OC(F)(F)C(F)(F)F)OC(F)(F)C(F)(F)F. The predicted octanol–water partition coefficient (Wildman–Crippen LogP) is 6.52. The molecule has 0 aromatic heterocycles. The first-order chi connectivity index (χ1) is 16.0. The number of carbonyl (C=O) groups excluding carboxylic acids is 1. The van der Waals surface area contributed by atoms with Gasteiger partial charge in [0.2, 0.25) is 0 Å². The summed E-state index contributed by atoms with van der Waals surface area (Å²) in [6.07, 6.45) is -52.1. The highest BCUT2D eigenvalue weighted by atomic mass is 28.4. The summed E-state index contributed by atoms with van der Waals surface area (Å²) in [6.45, 7) is 0. The minimum atomic E-state index is -10.8. The molecule has 0 unspecified atom stereocenters. The molecule has 0 atom stereocenters. The molecule has 0 aliphatic carbocycles. The third-order valence-electron chi connectivity index (χ3n) is 3.21. The Kier molecular flexibility index (Phi) is 9.09. The summed E-state index contributed by atoms with van der Waals surface area (Å²) in [4.78, 5) is 9.84. The first kappa shape index (κ1) is 36.0. The lowest BCUT2D eigenvalue weighted by atomic mass is 10.3. The van der Waals surface area contributed by atoms with Crippen LogP contribution in [0.3, 0.4) is 0 Å². The van der Waals surface area contributed by atoms with E-state index < -0.39 is 74.7 Å². The quantitative estimate of drug-likeness (QED) is 0.127. The van der Waals surface area contributed by atoms with Crippen LogP contribution in [0.5, 0.6) is 0 Å². The number of carbonyl (C=O) groups is 1. The molecule has 0 bridgehead atoms. The van der Waals surface area contributed by atoms with Crippen LogP contribution in [0.4, 0.5) is 101 Å². The molecular weight excluding hydrogens is 644 g/mol. The van der Waals surface area contributed by atoms with Gasteiger partial charge in [-0.05, 0) is 0 Å². The monoisotopic (exact) mass is 645 g/mol. The molecule has 38 heavy (non-hydrogen) atoms. The normalized spacial score (nSPS) is 16.1. The lowest BCUT2D eigenvalue weighted by Crippen LogP contribution is -2.78. The summed E-state index contributed by atoms with van der Waals surface area (Å²) in [7, 11) is -10.8. The van der Waals surface area contributed by atoms with Crippen LogP contribution in [-0.4, -0.2) is 69.3 Å². The molecule has 0 fully saturated rings. The van der Waals surface area contributed by atoms with Crippen molar-refractivity contribution in [2.24, 2.45) is 0 Å². The summed E-state index contributed by atoms with van der Waals surface area (Å²) in [6, 6.07) is -7.62. The molecule has 0 saturated heterocycles. The standard InChI is InChI=1S/C10HF22NO4Si/c11-1(34)33-6(23,24)2(12,13)10(31,32)38(35-7(25,26)3(14,15)16,36-8(27,28)4(17,18)19)37-9(29,30)5(20,21)22/h(H,33,34). The van der Waals surface area contributed by atoms with Crippen molar-refractivity contribution >= 4 is 15.0 Å². The van der Waals surface area contributed by atoms with Crippen molar-refractivity contribution in [1.29, 1.82) is 0 Å². The summed E-state index contributed by atoms with van der Waals surface area (Å²) in [5.74, 6) is -8.51. The van der Waals surface area contributed by atoms with Gasteiger partial charge in [-0.2, -0.15) is 92.2 Å². The van der Waals surface area contributed by atoms with Crippen molar-refractivity contribution in [2.75, 3.05) is 0 Å². The summed E-state index contributed by atoms with van der Waals surface area (Å²) >= 11 is 0. The van der Waals surface area contributed by atoms with Crippen LogP contribution >= 0.6 is 0 Å². The number of hydrogen-bond donors (Lipinski definition) is 1. The van der Waals surface area contributed by atoms with E-state index in [2.05, 4.69) is 0 Å². The lowest BCUT2D eigenvalue weighted by Gasteiger charge is -2.44. The molecule has 228 valence electrons. The van der Waals surface area contributed by atoms with Crippen LogP contribution in [0.15, 0.2) is 0 Å². The van der Waals surface area contributed by atoms with E-state index in [-0.39, 0.29) is 0 Å². The van der Waals surface area contributed by atoms with Gasteiger partial charge in [0.05, 0.1) is 0 Å². The first-order valence-electron chi connectivity index (χ1n) is 7.59. The van der Waals surface area contributed by atoms with E-state index in [1.807, 2.05) is 0 Å². The van der Waals surface area contributed by atoms with Gasteiger partial charge in [0.25, 0.3) is 0 Å². The molecule has 0 saturated carbocycles. The van der Waals surface area contributed by atoms with E-state index in [9.17, 15) is 101 Å². The largest absolute Gasteiger partial charge is 0.595 e. The maximum Gasteiger partial charge on any atom is 0.595 e. The second-order valence-corrected chi connectivity index (χ2v) is 8.38. The summed E-state index contributed by atoms with van der Waals surface area (Å²) in [5.41, 5.74) is -8.83. The van der Waals surface area contributed by atoms with Gasteiger partial charge in [0.15, 0.2) is 0 Å². The van der Waals surface area contributed by atoms with E-state index in [4.69, 9.17) is 0 Å². The Balaban J connectivity index is 7.90. The predicted molar refractivity (Wildman–Crippen MR) is 66.5 cm³/mol. The lowest BCUT2D eigenvalue weighted by molar-refractivity contribution is -0.435. The van der Waals surface area contributed by atoms with E-state index in [1.54, 1.807) is 0 Å². The molecule has 0 aliphatic heterocycles. The third-order valence-corrected chi connectivity index (χ3v) is 5.86. The maximum atomic E-state index is 14.3. The molecule has 1 N–H and O–H groups in total. The fraction of sp³-hybridized carbons (Fsp3) is 0.900. The maximum absolute atomic E-state index is 14.3. The Labute approximate surface area is 190 Å². The summed E-state index contributed by atoms with van der Waals surface area (Å²) < 4.78 is 289. The molecule has 1 amide bonds. The molecule has 5 nitrogen and oxygen atoms in total. The Hall–Kier alpha value is -1.97. The van der Waals surface area contributed by atoms with Crippen molar-refractivity contribution in [3.8, 4) is 0 Å². The average Bonchev–Trinajstić information content (AvgIpc) is 2.55.